The molecule has 2 aromatic rings. The maximum absolute atomic E-state index is 13.2. The zero-order valence-electron chi connectivity index (χ0n) is 11.1. The molecule has 0 radical (unpaired) electrons. The number of aromatic hydroxyl groups is 1. The summed E-state index contributed by atoms with van der Waals surface area (Å²) in [5.74, 6) is -1.27. The Bertz CT molecular complexity index is 730. The van der Waals surface area contributed by atoms with Crippen LogP contribution < -0.4 is 10.5 Å². The Hall–Kier alpha value is -2.12. The Morgan fingerprint density at radius 1 is 1.14 bits per heavy atom. The molecule has 4 N–H and O–H groups in total. The zero-order chi connectivity index (χ0) is 15.5. The predicted octanol–water partition coefficient (Wildman–Crippen LogP) is 1.93. The lowest BCUT2D eigenvalue weighted by molar-refractivity contribution is 0.427. The number of hydrogen-bond acceptors (Lipinski definition) is 4. The van der Waals surface area contributed by atoms with Crippen LogP contribution in [0.5, 0.6) is 5.75 Å². The van der Waals surface area contributed by atoms with Crippen molar-refractivity contribution in [1.82, 2.24) is 0 Å². The maximum Gasteiger partial charge on any atom is 0.213 e. The van der Waals surface area contributed by atoms with Gasteiger partial charge in [0.1, 0.15) is 0 Å². The zero-order valence-corrected chi connectivity index (χ0v) is 11.9. The Labute approximate surface area is 122 Å². The third-order valence-electron chi connectivity index (χ3n) is 2.88. The summed E-state index contributed by atoms with van der Waals surface area (Å²) < 4.78 is 35.1. The molecule has 0 unspecified atom stereocenters. The van der Waals surface area contributed by atoms with E-state index in [0.717, 1.165) is 5.69 Å². The van der Waals surface area contributed by atoms with E-state index >= 15 is 0 Å². The van der Waals surface area contributed by atoms with Gasteiger partial charge in [-0.05, 0) is 23.8 Å². The predicted molar refractivity (Wildman–Crippen MR) is 78.6 cm³/mol. The molecule has 112 valence electrons. The highest BCUT2D eigenvalue weighted by atomic mass is 32.2. The van der Waals surface area contributed by atoms with E-state index in [9.17, 15) is 17.9 Å². The SMILES string of the molecule is NS(=O)(=O)Cc1ccc(NCc2cccc(F)c2O)cc1. The van der Waals surface area contributed by atoms with Crippen molar-refractivity contribution in [1.29, 1.82) is 0 Å². The highest BCUT2D eigenvalue weighted by Gasteiger charge is 2.07. The van der Waals surface area contributed by atoms with Crippen LogP contribution in [0.1, 0.15) is 11.1 Å². The molecule has 0 spiro atoms. The number of phenols is 1. The summed E-state index contributed by atoms with van der Waals surface area (Å²) in [4.78, 5) is 0. The number of phenolic OH excluding ortho intramolecular Hbond substituents is 1. The van der Waals surface area contributed by atoms with Crippen LogP contribution in [0.15, 0.2) is 42.5 Å². The van der Waals surface area contributed by atoms with Crippen molar-refractivity contribution in [2.45, 2.75) is 12.3 Å². The average molecular weight is 310 g/mol. The summed E-state index contributed by atoms with van der Waals surface area (Å²) in [5, 5.41) is 17.5. The standard InChI is InChI=1S/C14H15FN2O3S/c15-13-3-1-2-11(14(13)18)8-17-12-6-4-10(5-7-12)9-21(16,19)20/h1-7,17-18H,8-9H2,(H2,16,19,20). The molecule has 0 fully saturated rings. The largest absolute Gasteiger partial charge is 0.505 e. The van der Waals surface area contributed by atoms with Gasteiger partial charge in [-0.3, -0.25) is 0 Å². The molecule has 2 rings (SSSR count). The van der Waals surface area contributed by atoms with Gasteiger partial charge in [0.05, 0.1) is 5.75 Å². The van der Waals surface area contributed by atoms with Crippen LogP contribution >= 0.6 is 0 Å². The van der Waals surface area contributed by atoms with Crippen molar-refractivity contribution < 1.29 is 17.9 Å². The van der Waals surface area contributed by atoms with Gasteiger partial charge in [0.15, 0.2) is 11.6 Å². The first-order chi connectivity index (χ1) is 9.85. The Morgan fingerprint density at radius 3 is 2.43 bits per heavy atom. The van der Waals surface area contributed by atoms with E-state index in [1.165, 1.54) is 12.1 Å². The molecular formula is C14H15FN2O3S. The van der Waals surface area contributed by atoms with Crippen LogP contribution in [0.3, 0.4) is 0 Å². The molecule has 5 nitrogen and oxygen atoms in total. The van der Waals surface area contributed by atoms with E-state index in [-0.39, 0.29) is 18.0 Å². The van der Waals surface area contributed by atoms with Crippen molar-refractivity contribution >= 4 is 15.7 Å². The average Bonchev–Trinajstić information content (AvgIpc) is 2.40. The molecule has 0 bridgehead atoms. The lowest BCUT2D eigenvalue weighted by atomic mass is 10.2. The number of sulfonamides is 1. The van der Waals surface area contributed by atoms with Gasteiger partial charge in [0, 0.05) is 17.8 Å². The third-order valence-corrected chi connectivity index (χ3v) is 3.61. The normalized spacial score (nSPS) is 11.3. The molecule has 21 heavy (non-hydrogen) atoms. The van der Waals surface area contributed by atoms with Gasteiger partial charge in [-0.25, -0.2) is 17.9 Å². The molecule has 0 saturated heterocycles. The smallest absolute Gasteiger partial charge is 0.213 e. The second-order valence-electron chi connectivity index (χ2n) is 4.61. The number of nitrogens with one attached hydrogen (secondary N) is 1. The number of benzene rings is 2. The van der Waals surface area contributed by atoms with Crippen LogP contribution in [0.4, 0.5) is 10.1 Å². The van der Waals surface area contributed by atoms with E-state index in [0.29, 0.717) is 11.1 Å². The van der Waals surface area contributed by atoms with Crippen LogP contribution in [0.25, 0.3) is 0 Å². The second-order valence-corrected chi connectivity index (χ2v) is 6.22. The molecule has 0 amide bonds. The molecule has 2 aromatic carbocycles. The Kier molecular flexibility index (Phi) is 4.44. The first-order valence-corrected chi connectivity index (χ1v) is 7.86. The lowest BCUT2D eigenvalue weighted by Crippen LogP contribution is -2.14. The summed E-state index contributed by atoms with van der Waals surface area (Å²) >= 11 is 0. The van der Waals surface area contributed by atoms with Gasteiger partial charge >= 0.3 is 0 Å². The van der Waals surface area contributed by atoms with Crippen LogP contribution in [-0.4, -0.2) is 13.5 Å². The van der Waals surface area contributed by atoms with E-state index in [1.54, 1.807) is 30.3 Å². The number of para-hydroxylation sites is 1. The highest BCUT2D eigenvalue weighted by Crippen LogP contribution is 2.22. The minimum atomic E-state index is -3.55. The quantitative estimate of drug-likeness (QED) is 0.787. The number of rotatable bonds is 5. The lowest BCUT2D eigenvalue weighted by Gasteiger charge is -2.09. The van der Waals surface area contributed by atoms with Gasteiger partial charge in [-0.2, -0.15) is 0 Å². The Balaban J connectivity index is 2.02. The monoisotopic (exact) mass is 310 g/mol. The molecular weight excluding hydrogens is 295 g/mol. The molecule has 0 aliphatic carbocycles. The fourth-order valence-corrected chi connectivity index (χ4v) is 2.51. The minimum absolute atomic E-state index is 0.224. The van der Waals surface area contributed by atoms with E-state index < -0.39 is 15.8 Å². The first kappa shape index (κ1) is 15.3. The summed E-state index contributed by atoms with van der Waals surface area (Å²) in [6, 6.07) is 11.0. The van der Waals surface area contributed by atoms with Crippen LogP contribution in [0.2, 0.25) is 0 Å². The number of primary sulfonamides is 1. The number of nitrogens with two attached hydrogens (primary N) is 1. The number of hydrogen-bond donors (Lipinski definition) is 3. The van der Waals surface area contributed by atoms with Crippen molar-refractivity contribution in [3.05, 3.63) is 59.4 Å². The minimum Gasteiger partial charge on any atom is -0.505 e. The molecule has 0 heterocycles. The highest BCUT2D eigenvalue weighted by molar-refractivity contribution is 7.88. The molecule has 7 heteroatoms. The number of anilines is 1. The summed E-state index contributed by atoms with van der Waals surface area (Å²) in [6.07, 6.45) is 0. The van der Waals surface area contributed by atoms with Crippen molar-refractivity contribution in [3.8, 4) is 5.75 Å². The molecule has 0 aliphatic rings. The molecule has 0 aromatic heterocycles. The summed E-state index contributed by atoms with van der Waals surface area (Å²) in [5.41, 5.74) is 1.73. The Morgan fingerprint density at radius 2 is 1.81 bits per heavy atom. The van der Waals surface area contributed by atoms with Crippen LogP contribution in [-0.2, 0) is 22.3 Å². The second kappa shape index (κ2) is 6.11. The van der Waals surface area contributed by atoms with Crippen LogP contribution in [0, 0.1) is 5.82 Å². The van der Waals surface area contributed by atoms with Gasteiger partial charge in [0.25, 0.3) is 0 Å². The molecule has 0 saturated carbocycles. The first-order valence-electron chi connectivity index (χ1n) is 6.15. The van der Waals surface area contributed by atoms with E-state index in [4.69, 9.17) is 5.14 Å². The van der Waals surface area contributed by atoms with E-state index in [2.05, 4.69) is 5.32 Å². The number of halogens is 1. The van der Waals surface area contributed by atoms with Gasteiger partial charge in [-0.1, -0.05) is 24.3 Å². The van der Waals surface area contributed by atoms with Crippen molar-refractivity contribution in [3.63, 3.8) is 0 Å². The molecule has 0 atom stereocenters. The van der Waals surface area contributed by atoms with Gasteiger partial charge < -0.3 is 10.4 Å². The fourth-order valence-electron chi connectivity index (χ4n) is 1.85. The topological polar surface area (TPSA) is 92.4 Å². The fraction of sp³-hybridized carbons (Fsp3) is 0.143. The summed E-state index contributed by atoms with van der Waals surface area (Å²) in [7, 11) is -3.55. The van der Waals surface area contributed by atoms with Crippen molar-refractivity contribution in [2.75, 3.05) is 5.32 Å². The summed E-state index contributed by atoms with van der Waals surface area (Å²) in [6.45, 7) is 0.248. The third kappa shape index (κ3) is 4.44. The maximum atomic E-state index is 13.2. The van der Waals surface area contributed by atoms with Gasteiger partial charge in [0.2, 0.25) is 10.0 Å². The van der Waals surface area contributed by atoms with Gasteiger partial charge in [-0.15, -0.1) is 0 Å². The van der Waals surface area contributed by atoms with Crippen molar-refractivity contribution in [2.24, 2.45) is 5.14 Å². The molecule has 0 aliphatic heterocycles. The van der Waals surface area contributed by atoms with E-state index in [1.807, 2.05) is 0 Å².